The maximum atomic E-state index is 12.2. The van der Waals surface area contributed by atoms with Crippen LogP contribution in [-0.2, 0) is 16.0 Å². The van der Waals surface area contributed by atoms with Crippen molar-refractivity contribution < 1.29 is 9.53 Å². The molecule has 1 saturated heterocycles. The summed E-state index contributed by atoms with van der Waals surface area (Å²) in [5, 5.41) is 7.47. The minimum atomic E-state index is -0.0294. The molecule has 0 radical (unpaired) electrons. The quantitative estimate of drug-likeness (QED) is 0.834. The van der Waals surface area contributed by atoms with Crippen LogP contribution in [0.2, 0.25) is 10.0 Å². The van der Waals surface area contributed by atoms with Crippen LogP contribution in [-0.4, -0.2) is 39.3 Å². The van der Waals surface area contributed by atoms with E-state index in [4.69, 9.17) is 27.9 Å². The molecule has 4 nitrogen and oxygen atoms in total. The lowest BCUT2D eigenvalue weighted by Crippen LogP contribution is -2.47. The van der Waals surface area contributed by atoms with E-state index in [9.17, 15) is 4.79 Å². The van der Waals surface area contributed by atoms with Gasteiger partial charge in [-0.05, 0) is 43.6 Å². The molecule has 0 aliphatic carbocycles. The fourth-order valence-corrected chi connectivity index (χ4v) is 3.30. The number of benzene rings is 1. The number of halogens is 2. The summed E-state index contributed by atoms with van der Waals surface area (Å²) in [7, 11) is 1.71. The zero-order valence-electron chi connectivity index (χ0n) is 12.8. The Morgan fingerprint density at radius 3 is 2.73 bits per heavy atom. The second-order valence-corrected chi connectivity index (χ2v) is 6.72. The molecule has 0 saturated carbocycles. The van der Waals surface area contributed by atoms with E-state index in [0.29, 0.717) is 23.2 Å². The highest BCUT2D eigenvalue weighted by Gasteiger charge is 2.32. The topological polar surface area (TPSA) is 50.4 Å². The van der Waals surface area contributed by atoms with Crippen molar-refractivity contribution in [3.8, 4) is 0 Å². The van der Waals surface area contributed by atoms with Crippen LogP contribution in [0.5, 0.6) is 0 Å². The fourth-order valence-electron chi connectivity index (χ4n) is 2.82. The van der Waals surface area contributed by atoms with Gasteiger partial charge >= 0.3 is 0 Å². The van der Waals surface area contributed by atoms with Gasteiger partial charge in [0.1, 0.15) is 0 Å². The molecule has 1 fully saturated rings. The summed E-state index contributed by atoms with van der Waals surface area (Å²) >= 11 is 12.0. The van der Waals surface area contributed by atoms with Crippen LogP contribution < -0.4 is 10.6 Å². The maximum absolute atomic E-state index is 12.2. The van der Waals surface area contributed by atoms with Gasteiger partial charge in [-0.15, -0.1) is 0 Å². The zero-order chi connectivity index (χ0) is 16.0. The number of carbonyl (C=O) groups excluding carboxylic acids is 1. The number of piperidine rings is 1. The van der Waals surface area contributed by atoms with E-state index in [1.165, 1.54) is 0 Å². The van der Waals surface area contributed by atoms with Crippen molar-refractivity contribution in [2.45, 2.75) is 19.3 Å². The minimum Gasteiger partial charge on any atom is -0.384 e. The van der Waals surface area contributed by atoms with Crippen molar-refractivity contribution in [3.63, 3.8) is 0 Å². The number of amides is 1. The monoisotopic (exact) mass is 344 g/mol. The van der Waals surface area contributed by atoms with Gasteiger partial charge in [-0.2, -0.15) is 0 Å². The molecule has 1 aliphatic rings. The van der Waals surface area contributed by atoms with Crippen molar-refractivity contribution in [2.24, 2.45) is 5.41 Å². The van der Waals surface area contributed by atoms with Crippen LogP contribution >= 0.6 is 23.2 Å². The predicted molar refractivity (Wildman–Crippen MR) is 89.6 cm³/mol. The number of carbonyl (C=O) groups is 1. The third-order valence-electron chi connectivity index (χ3n) is 4.14. The standard InChI is InChI=1S/C16H22Cl2N2O2/c1-22-11-16(4-6-19-7-5-16)10-20-15(21)8-12-2-3-13(17)9-14(12)18/h2-3,9,19H,4-8,10-11H2,1H3,(H,20,21). The van der Waals surface area contributed by atoms with Crippen molar-refractivity contribution >= 4 is 29.1 Å². The molecular weight excluding hydrogens is 323 g/mol. The smallest absolute Gasteiger partial charge is 0.224 e. The van der Waals surface area contributed by atoms with Gasteiger partial charge in [-0.1, -0.05) is 29.3 Å². The fraction of sp³-hybridized carbons (Fsp3) is 0.562. The lowest BCUT2D eigenvalue weighted by Gasteiger charge is -2.37. The number of rotatable bonds is 6. The molecule has 0 atom stereocenters. The second kappa shape index (κ2) is 8.16. The molecule has 0 bridgehead atoms. The van der Waals surface area contributed by atoms with Crippen molar-refractivity contribution in [1.82, 2.24) is 10.6 Å². The largest absolute Gasteiger partial charge is 0.384 e. The Balaban J connectivity index is 1.90. The lowest BCUT2D eigenvalue weighted by molar-refractivity contribution is -0.121. The van der Waals surface area contributed by atoms with Gasteiger partial charge in [0.2, 0.25) is 5.91 Å². The zero-order valence-corrected chi connectivity index (χ0v) is 14.3. The Labute approximate surface area is 141 Å². The Hall–Kier alpha value is -0.810. The summed E-state index contributed by atoms with van der Waals surface area (Å²) in [6.45, 7) is 3.22. The van der Waals surface area contributed by atoms with Crippen LogP contribution in [0.3, 0.4) is 0 Å². The Bertz CT molecular complexity index is 511. The first-order valence-electron chi connectivity index (χ1n) is 7.45. The summed E-state index contributed by atoms with van der Waals surface area (Å²) in [6.07, 6.45) is 2.27. The molecule has 1 aliphatic heterocycles. The minimum absolute atomic E-state index is 0.0272. The molecule has 2 rings (SSSR count). The highest BCUT2D eigenvalue weighted by atomic mass is 35.5. The Morgan fingerprint density at radius 1 is 1.36 bits per heavy atom. The first-order chi connectivity index (χ1) is 10.5. The van der Waals surface area contributed by atoms with Gasteiger partial charge < -0.3 is 15.4 Å². The number of methoxy groups -OCH3 is 1. The number of hydrogen-bond donors (Lipinski definition) is 2. The molecule has 22 heavy (non-hydrogen) atoms. The van der Waals surface area contributed by atoms with Crippen molar-refractivity contribution in [2.75, 3.05) is 33.4 Å². The third kappa shape index (κ3) is 4.85. The average molecular weight is 345 g/mol. The molecule has 1 aromatic rings. The normalized spacial score (nSPS) is 17.2. The molecule has 1 amide bonds. The number of nitrogens with one attached hydrogen (secondary N) is 2. The summed E-state index contributed by atoms with van der Waals surface area (Å²) in [6, 6.07) is 5.19. The first-order valence-corrected chi connectivity index (χ1v) is 8.20. The van der Waals surface area contributed by atoms with Gasteiger partial charge in [0, 0.05) is 29.1 Å². The van der Waals surface area contributed by atoms with E-state index in [0.717, 1.165) is 31.5 Å². The van der Waals surface area contributed by atoms with Crippen LogP contribution in [0.1, 0.15) is 18.4 Å². The third-order valence-corrected chi connectivity index (χ3v) is 4.73. The molecule has 2 N–H and O–H groups in total. The molecule has 1 heterocycles. The predicted octanol–water partition coefficient (Wildman–Crippen LogP) is 2.67. The van der Waals surface area contributed by atoms with Crippen molar-refractivity contribution in [3.05, 3.63) is 33.8 Å². The van der Waals surface area contributed by atoms with Gasteiger partial charge in [0.05, 0.1) is 13.0 Å². The molecule has 122 valence electrons. The van der Waals surface area contributed by atoms with E-state index in [1.807, 2.05) is 0 Å². The van der Waals surface area contributed by atoms with E-state index < -0.39 is 0 Å². The van der Waals surface area contributed by atoms with E-state index in [-0.39, 0.29) is 17.7 Å². The Kier molecular flexibility index (Phi) is 6.50. The van der Waals surface area contributed by atoms with Crippen molar-refractivity contribution in [1.29, 1.82) is 0 Å². The van der Waals surface area contributed by atoms with Gasteiger partial charge in [0.15, 0.2) is 0 Å². The van der Waals surface area contributed by atoms with E-state index in [2.05, 4.69) is 10.6 Å². The molecule has 1 aromatic carbocycles. The van der Waals surface area contributed by atoms with Gasteiger partial charge in [-0.3, -0.25) is 4.79 Å². The average Bonchev–Trinajstić information content (AvgIpc) is 2.50. The summed E-state index contributed by atoms with van der Waals surface area (Å²) in [5.74, 6) is -0.0294. The van der Waals surface area contributed by atoms with Gasteiger partial charge in [-0.25, -0.2) is 0 Å². The molecule has 0 spiro atoms. The number of ether oxygens (including phenoxy) is 1. The lowest BCUT2D eigenvalue weighted by atomic mass is 9.79. The maximum Gasteiger partial charge on any atom is 0.224 e. The summed E-state index contributed by atoms with van der Waals surface area (Å²) in [5.41, 5.74) is 0.814. The van der Waals surface area contributed by atoms with Crippen LogP contribution in [0, 0.1) is 5.41 Å². The molecular formula is C16H22Cl2N2O2. The van der Waals surface area contributed by atoms with E-state index >= 15 is 0 Å². The van der Waals surface area contributed by atoms with Crippen LogP contribution in [0.15, 0.2) is 18.2 Å². The summed E-state index contributed by atoms with van der Waals surface area (Å²) < 4.78 is 5.35. The Morgan fingerprint density at radius 2 is 2.09 bits per heavy atom. The second-order valence-electron chi connectivity index (χ2n) is 5.87. The highest BCUT2D eigenvalue weighted by molar-refractivity contribution is 6.35. The van der Waals surface area contributed by atoms with Gasteiger partial charge in [0.25, 0.3) is 0 Å². The van der Waals surface area contributed by atoms with E-state index in [1.54, 1.807) is 25.3 Å². The first kappa shape index (κ1) is 17.5. The SMILES string of the molecule is COCC1(CNC(=O)Cc2ccc(Cl)cc2Cl)CCNCC1. The molecule has 0 aromatic heterocycles. The summed E-state index contributed by atoms with van der Waals surface area (Å²) in [4.78, 5) is 12.2. The van der Waals surface area contributed by atoms with Crippen LogP contribution in [0.25, 0.3) is 0 Å². The molecule has 0 unspecified atom stereocenters. The number of hydrogen-bond acceptors (Lipinski definition) is 3. The molecule has 6 heteroatoms. The van der Waals surface area contributed by atoms with Crippen LogP contribution in [0.4, 0.5) is 0 Å². The highest BCUT2D eigenvalue weighted by Crippen LogP contribution is 2.28.